The van der Waals surface area contributed by atoms with Gasteiger partial charge in [-0.25, -0.2) is 8.42 Å². The average Bonchev–Trinajstić information content (AvgIpc) is 3.09. The van der Waals surface area contributed by atoms with Gasteiger partial charge in [-0.2, -0.15) is 4.31 Å². The zero-order valence-corrected chi connectivity index (χ0v) is 15.5. The lowest BCUT2D eigenvalue weighted by Gasteiger charge is -2.16. The molecule has 1 fully saturated rings. The number of carbonyl (C=O) groups excluding carboxylic acids is 1. The maximum Gasteiger partial charge on any atom is 0.255 e. The van der Waals surface area contributed by atoms with Crippen molar-refractivity contribution < 1.29 is 13.2 Å². The second-order valence-electron chi connectivity index (χ2n) is 5.75. The van der Waals surface area contributed by atoms with Gasteiger partial charge in [0.25, 0.3) is 5.91 Å². The molecular formula is C17H16Cl2N2O3S. The molecule has 8 heteroatoms. The summed E-state index contributed by atoms with van der Waals surface area (Å²) in [5.74, 6) is -0.417. The highest BCUT2D eigenvalue weighted by Crippen LogP contribution is 2.24. The number of nitrogens with one attached hydrogen (secondary N) is 1. The summed E-state index contributed by atoms with van der Waals surface area (Å²) in [5.41, 5.74) is 0.687. The predicted octanol–water partition coefficient (Wildman–Crippen LogP) is 4.03. The Kier molecular flexibility index (Phi) is 5.34. The van der Waals surface area contributed by atoms with E-state index in [-0.39, 0.29) is 4.90 Å². The molecule has 1 aliphatic heterocycles. The third-order valence-corrected chi connectivity index (χ3v) is 6.25. The number of halogens is 2. The third kappa shape index (κ3) is 4.15. The molecule has 132 valence electrons. The van der Waals surface area contributed by atoms with Crippen molar-refractivity contribution in [1.82, 2.24) is 4.31 Å². The smallest absolute Gasteiger partial charge is 0.255 e. The van der Waals surface area contributed by atoms with Gasteiger partial charge in [0.1, 0.15) is 0 Å². The summed E-state index contributed by atoms with van der Waals surface area (Å²) in [6.45, 7) is 1.06. The first-order valence-electron chi connectivity index (χ1n) is 7.74. The molecule has 1 heterocycles. The Labute approximate surface area is 156 Å². The van der Waals surface area contributed by atoms with E-state index in [0.29, 0.717) is 34.4 Å². The van der Waals surface area contributed by atoms with Crippen molar-refractivity contribution in [3.8, 4) is 0 Å². The lowest BCUT2D eigenvalue weighted by atomic mass is 10.2. The van der Waals surface area contributed by atoms with Crippen LogP contribution in [0, 0.1) is 0 Å². The van der Waals surface area contributed by atoms with Crippen molar-refractivity contribution in [3.63, 3.8) is 0 Å². The van der Waals surface area contributed by atoms with Gasteiger partial charge >= 0.3 is 0 Å². The van der Waals surface area contributed by atoms with Crippen molar-refractivity contribution >= 4 is 44.8 Å². The number of sulfonamides is 1. The number of benzene rings is 2. The first-order chi connectivity index (χ1) is 11.9. The summed E-state index contributed by atoms with van der Waals surface area (Å²) in [5, 5.41) is 3.38. The molecule has 5 nitrogen and oxygen atoms in total. The Balaban J connectivity index is 1.83. The van der Waals surface area contributed by atoms with E-state index in [1.165, 1.54) is 34.6 Å². The van der Waals surface area contributed by atoms with E-state index in [1.54, 1.807) is 12.1 Å². The minimum atomic E-state index is -3.54. The van der Waals surface area contributed by atoms with Crippen molar-refractivity contribution in [2.24, 2.45) is 0 Å². The van der Waals surface area contributed by atoms with Crippen LogP contribution in [-0.2, 0) is 10.0 Å². The van der Waals surface area contributed by atoms with E-state index < -0.39 is 15.9 Å². The van der Waals surface area contributed by atoms with Crippen LogP contribution in [-0.4, -0.2) is 31.7 Å². The zero-order valence-electron chi connectivity index (χ0n) is 13.2. The molecule has 1 amide bonds. The van der Waals surface area contributed by atoms with Crippen LogP contribution in [0.25, 0.3) is 0 Å². The van der Waals surface area contributed by atoms with Crippen molar-refractivity contribution in [1.29, 1.82) is 0 Å². The first-order valence-corrected chi connectivity index (χ1v) is 9.93. The van der Waals surface area contributed by atoms with Crippen LogP contribution in [0.3, 0.4) is 0 Å². The molecule has 2 aromatic carbocycles. The molecule has 3 rings (SSSR count). The fraction of sp³-hybridized carbons (Fsp3) is 0.235. The Morgan fingerprint density at radius 3 is 2.28 bits per heavy atom. The number of rotatable bonds is 4. The molecule has 25 heavy (non-hydrogen) atoms. The molecule has 1 N–H and O–H groups in total. The highest BCUT2D eigenvalue weighted by atomic mass is 35.5. The predicted molar refractivity (Wildman–Crippen MR) is 98.9 cm³/mol. The van der Waals surface area contributed by atoms with E-state index >= 15 is 0 Å². The van der Waals surface area contributed by atoms with Crippen LogP contribution < -0.4 is 5.32 Å². The molecule has 0 unspecified atom stereocenters. The second-order valence-corrected chi connectivity index (χ2v) is 8.56. The largest absolute Gasteiger partial charge is 0.322 e. The highest BCUT2D eigenvalue weighted by molar-refractivity contribution is 7.89. The summed E-state index contributed by atoms with van der Waals surface area (Å²) in [7, 11) is -3.54. The quantitative estimate of drug-likeness (QED) is 0.844. The van der Waals surface area contributed by atoms with Crippen molar-refractivity contribution in [3.05, 3.63) is 58.1 Å². The fourth-order valence-corrected chi connectivity index (χ4v) is 4.79. The van der Waals surface area contributed by atoms with Gasteiger partial charge in [0, 0.05) is 34.4 Å². The normalized spacial score (nSPS) is 15.3. The SMILES string of the molecule is O=C(Nc1cccc(S(=O)(=O)N2CCCC2)c1)c1cc(Cl)cc(Cl)c1. The summed E-state index contributed by atoms with van der Waals surface area (Å²) < 4.78 is 26.7. The summed E-state index contributed by atoms with van der Waals surface area (Å²) in [6, 6.07) is 10.7. The van der Waals surface area contributed by atoms with E-state index in [2.05, 4.69) is 5.32 Å². The molecule has 0 spiro atoms. The zero-order chi connectivity index (χ0) is 18.0. The molecule has 0 radical (unpaired) electrons. The number of anilines is 1. The molecule has 1 aliphatic rings. The van der Waals surface area contributed by atoms with Crippen LogP contribution in [0.2, 0.25) is 10.0 Å². The maximum atomic E-state index is 12.6. The minimum absolute atomic E-state index is 0.163. The van der Waals surface area contributed by atoms with Gasteiger partial charge in [0.2, 0.25) is 10.0 Å². The van der Waals surface area contributed by atoms with Gasteiger partial charge in [0.05, 0.1) is 4.90 Å². The number of hydrogen-bond donors (Lipinski definition) is 1. The Morgan fingerprint density at radius 1 is 1.00 bits per heavy atom. The molecule has 1 saturated heterocycles. The molecular weight excluding hydrogens is 383 g/mol. The van der Waals surface area contributed by atoms with Gasteiger partial charge in [-0.15, -0.1) is 0 Å². The molecule has 0 aromatic heterocycles. The van der Waals surface area contributed by atoms with E-state index in [4.69, 9.17) is 23.2 Å². The first kappa shape index (κ1) is 18.2. The molecule has 0 atom stereocenters. The van der Waals surface area contributed by atoms with Gasteiger partial charge in [0.15, 0.2) is 0 Å². The Bertz CT molecular complexity index is 890. The molecule has 0 saturated carbocycles. The average molecular weight is 399 g/mol. The fourth-order valence-electron chi connectivity index (χ4n) is 2.70. The number of nitrogens with zero attached hydrogens (tertiary/aromatic N) is 1. The van der Waals surface area contributed by atoms with E-state index in [1.807, 2.05) is 0 Å². The van der Waals surface area contributed by atoms with Crippen LogP contribution in [0.1, 0.15) is 23.2 Å². The third-order valence-electron chi connectivity index (χ3n) is 3.92. The van der Waals surface area contributed by atoms with Crippen LogP contribution in [0.15, 0.2) is 47.4 Å². The van der Waals surface area contributed by atoms with E-state index in [0.717, 1.165) is 12.8 Å². The number of carbonyl (C=O) groups is 1. The lowest BCUT2D eigenvalue weighted by molar-refractivity contribution is 0.102. The highest BCUT2D eigenvalue weighted by Gasteiger charge is 2.27. The van der Waals surface area contributed by atoms with Crippen molar-refractivity contribution in [2.75, 3.05) is 18.4 Å². The molecule has 0 aliphatic carbocycles. The second kappa shape index (κ2) is 7.33. The Morgan fingerprint density at radius 2 is 1.64 bits per heavy atom. The number of hydrogen-bond acceptors (Lipinski definition) is 3. The van der Waals surface area contributed by atoms with Crippen molar-refractivity contribution in [2.45, 2.75) is 17.7 Å². The van der Waals surface area contributed by atoms with Gasteiger partial charge in [-0.3, -0.25) is 4.79 Å². The van der Waals surface area contributed by atoms with Crippen LogP contribution in [0.5, 0.6) is 0 Å². The monoisotopic (exact) mass is 398 g/mol. The van der Waals surface area contributed by atoms with Crippen LogP contribution >= 0.6 is 23.2 Å². The summed E-state index contributed by atoms with van der Waals surface area (Å²) >= 11 is 11.8. The van der Waals surface area contributed by atoms with E-state index in [9.17, 15) is 13.2 Å². The van der Waals surface area contributed by atoms with Gasteiger partial charge < -0.3 is 5.32 Å². The lowest BCUT2D eigenvalue weighted by Crippen LogP contribution is -2.27. The standard InChI is InChI=1S/C17H16Cl2N2O3S/c18-13-8-12(9-14(19)10-13)17(22)20-15-4-3-5-16(11-15)25(23,24)21-6-1-2-7-21/h3-5,8-11H,1-2,6-7H2,(H,20,22). The maximum absolute atomic E-state index is 12.6. The minimum Gasteiger partial charge on any atom is -0.322 e. The Hall–Kier alpha value is -1.60. The van der Waals surface area contributed by atoms with Gasteiger partial charge in [-0.1, -0.05) is 29.3 Å². The summed E-state index contributed by atoms with van der Waals surface area (Å²) in [6.07, 6.45) is 1.73. The van der Waals surface area contributed by atoms with Crippen LogP contribution in [0.4, 0.5) is 5.69 Å². The number of amides is 1. The summed E-state index contributed by atoms with van der Waals surface area (Å²) in [4.78, 5) is 12.5. The topological polar surface area (TPSA) is 66.5 Å². The van der Waals surface area contributed by atoms with Gasteiger partial charge in [-0.05, 0) is 49.2 Å². The molecule has 0 bridgehead atoms. The molecule has 2 aromatic rings.